The van der Waals surface area contributed by atoms with E-state index in [1.165, 1.54) is 4.90 Å². The summed E-state index contributed by atoms with van der Waals surface area (Å²) in [6.07, 6.45) is 0. The van der Waals surface area contributed by atoms with Crippen molar-refractivity contribution in [3.05, 3.63) is 64.2 Å². The first-order chi connectivity index (χ1) is 13.5. The molecule has 1 N–H and O–H groups in total. The first kappa shape index (κ1) is 19.7. The Morgan fingerprint density at radius 2 is 1.86 bits per heavy atom. The van der Waals surface area contributed by atoms with E-state index in [1.54, 1.807) is 4.31 Å². The standard InChI is InChI=1S/C20H23ClN2O4S/c21-19-10-17(20-18(11-19)13-26-15-27-20)12-22-6-8-23(9-7-22)28(24,25)14-16-4-2-1-3-5-16/h1-5,10-11H,6-9,12-15H2/p+1. The van der Waals surface area contributed by atoms with Gasteiger partial charge in [0.1, 0.15) is 12.3 Å². The van der Waals surface area contributed by atoms with Gasteiger partial charge in [0.05, 0.1) is 44.1 Å². The van der Waals surface area contributed by atoms with E-state index in [2.05, 4.69) is 0 Å². The predicted octanol–water partition coefficient (Wildman–Crippen LogP) is 1.44. The maximum atomic E-state index is 12.7. The molecule has 0 spiro atoms. The van der Waals surface area contributed by atoms with E-state index >= 15 is 0 Å². The molecule has 0 aromatic heterocycles. The number of piperazine rings is 1. The molecule has 0 saturated carbocycles. The van der Waals surface area contributed by atoms with Gasteiger partial charge in [-0.15, -0.1) is 0 Å². The van der Waals surface area contributed by atoms with Crippen LogP contribution in [0.5, 0.6) is 5.75 Å². The van der Waals surface area contributed by atoms with Crippen molar-refractivity contribution in [3.63, 3.8) is 0 Å². The van der Waals surface area contributed by atoms with Gasteiger partial charge in [-0.25, -0.2) is 8.42 Å². The van der Waals surface area contributed by atoms with Crippen molar-refractivity contribution in [1.29, 1.82) is 0 Å². The number of halogens is 1. The number of hydrogen-bond acceptors (Lipinski definition) is 4. The van der Waals surface area contributed by atoms with Gasteiger partial charge in [0.15, 0.2) is 6.79 Å². The van der Waals surface area contributed by atoms with E-state index in [1.807, 2.05) is 42.5 Å². The van der Waals surface area contributed by atoms with Crippen LogP contribution >= 0.6 is 11.6 Å². The topological polar surface area (TPSA) is 60.3 Å². The number of rotatable bonds is 5. The van der Waals surface area contributed by atoms with Crippen molar-refractivity contribution in [2.24, 2.45) is 0 Å². The highest BCUT2D eigenvalue weighted by atomic mass is 35.5. The Labute approximate surface area is 170 Å². The average Bonchev–Trinajstić information content (AvgIpc) is 2.69. The summed E-state index contributed by atoms with van der Waals surface area (Å²) < 4.78 is 38.1. The van der Waals surface area contributed by atoms with Gasteiger partial charge in [-0.1, -0.05) is 41.9 Å². The summed E-state index contributed by atoms with van der Waals surface area (Å²) in [7, 11) is -3.30. The lowest BCUT2D eigenvalue weighted by Crippen LogP contribution is -3.13. The van der Waals surface area contributed by atoms with E-state index in [4.69, 9.17) is 21.1 Å². The van der Waals surface area contributed by atoms with Gasteiger partial charge in [-0.05, 0) is 17.7 Å². The van der Waals surface area contributed by atoms with Gasteiger partial charge in [0, 0.05) is 10.6 Å². The molecular weight excluding hydrogens is 400 g/mol. The number of quaternary nitrogens is 1. The van der Waals surface area contributed by atoms with Gasteiger partial charge in [0.2, 0.25) is 10.0 Å². The van der Waals surface area contributed by atoms with Crippen molar-refractivity contribution >= 4 is 21.6 Å². The molecule has 0 unspecified atom stereocenters. The molecule has 2 aromatic carbocycles. The minimum Gasteiger partial charge on any atom is -0.467 e. The summed E-state index contributed by atoms with van der Waals surface area (Å²) in [6, 6.07) is 13.1. The largest absolute Gasteiger partial charge is 0.467 e. The van der Waals surface area contributed by atoms with Gasteiger partial charge >= 0.3 is 0 Å². The lowest BCUT2D eigenvalue weighted by Gasteiger charge is -2.32. The highest BCUT2D eigenvalue weighted by Gasteiger charge is 2.30. The minimum atomic E-state index is -3.30. The van der Waals surface area contributed by atoms with Crippen LogP contribution in [0.15, 0.2) is 42.5 Å². The number of ether oxygens (including phenoxy) is 2. The summed E-state index contributed by atoms with van der Waals surface area (Å²) >= 11 is 6.25. The molecule has 8 heteroatoms. The van der Waals surface area contributed by atoms with Crippen molar-refractivity contribution in [3.8, 4) is 5.75 Å². The molecule has 6 nitrogen and oxygen atoms in total. The molecule has 2 aromatic rings. The number of nitrogens with zero attached hydrogens (tertiary/aromatic N) is 1. The number of sulfonamides is 1. The van der Waals surface area contributed by atoms with E-state index < -0.39 is 10.0 Å². The van der Waals surface area contributed by atoms with Gasteiger partial charge in [-0.3, -0.25) is 0 Å². The quantitative estimate of drug-likeness (QED) is 0.790. The number of benzene rings is 2. The SMILES string of the molecule is O=S(=O)(Cc1ccccc1)N1CC[NH+](Cc2cc(Cl)cc3c2OCOC3)CC1. The molecule has 0 bridgehead atoms. The van der Waals surface area contributed by atoms with Crippen molar-refractivity contribution in [1.82, 2.24) is 4.31 Å². The van der Waals surface area contributed by atoms with Gasteiger partial charge in [-0.2, -0.15) is 4.31 Å². The Balaban J connectivity index is 1.39. The number of fused-ring (bicyclic) bond motifs is 1. The van der Waals surface area contributed by atoms with Crippen LogP contribution in [-0.4, -0.2) is 45.7 Å². The number of nitrogens with one attached hydrogen (secondary N) is 1. The first-order valence-electron chi connectivity index (χ1n) is 9.38. The lowest BCUT2D eigenvalue weighted by atomic mass is 10.1. The van der Waals surface area contributed by atoms with Crippen LogP contribution in [0.3, 0.4) is 0 Å². The Morgan fingerprint density at radius 1 is 1.11 bits per heavy atom. The molecule has 1 fully saturated rings. The van der Waals surface area contributed by atoms with Crippen LogP contribution in [0.1, 0.15) is 16.7 Å². The Kier molecular flexibility index (Phi) is 5.89. The molecular formula is C20H24ClN2O4S+. The average molecular weight is 424 g/mol. The van der Waals surface area contributed by atoms with Crippen LogP contribution in [-0.2, 0) is 33.7 Å². The van der Waals surface area contributed by atoms with Crippen LogP contribution in [0.4, 0.5) is 0 Å². The summed E-state index contributed by atoms with van der Waals surface area (Å²) in [4.78, 5) is 1.32. The third-order valence-corrected chi connectivity index (χ3v) is 7.28. The summed E-state index contributed by atoms with van der Waals surface area (Å²) in [5.41, 5.74) is 2.85. The molecule has 2 aliphatic heterocycles. The minimum absolute atomic E-state index is 0.0544. The monoisotopic (exact) mass is 423 g/mol. The second-order valence-corrected chi connectivity index (χ2v) is 9.64. The normalized spacial score (nSPS) is 18.5. The van der Waals surface area contributed by atoms with E-state index in [0.717, 1.165) is 42.1 Å². The highest BCUT2D eigenvalue weighted by Crippen LogP contribution is 2.31. The maximum absolute atomic E-state index is 12.7. The molecule has 1 saturated heterocycles. The van der Waals surface area contributed by atoms with E-state index in [9.17, 15) is 8.42 Å². The van der Waals surface area contributed by atoms with E-state index in [-0.39, 0.29) is 12.5 Å². The summed E-state index contributed by atoms with van der Waals surface area (Å²) in [6.45, 7) is 4.08. The first-order valence-corrected chi connectivity index (χ1v) is 11.4. The fourth-order valence-corrected chi connectivity index (χ4v) is 5.59. The lowest BCUT2D eigenvalue weighted by molar-refractivity contribution is -0.917. The highest BCUT2D eigenvalue weighted by molar-refractivity contribution is 7.88. The Hall–Kier alpha value is -1.64. The zero-order chi connectivity index (χ0) is 19.6. The molecule has 0 aliphatic carbocycles. The van der Waals surface area contributed by atoms with Crippen molar-refractivity contribution in [2.45, 2.75) is 18.9 Å². The smallest absolute Gasteiger partial charge is 0.218 e. The molecule has 2 heterocycles. The summed E-state index contributed by atoms with van der Waals surface area (Å²) in [5.74, 6) is 0.918. The fourth-order valence-electron chi connectivity index (χ4n) is 3.79. The molecule has 2 aliphatic rings. The molecule has 0 radical (unpaired) electrons. The molecule has 4 rings (SSSR count). The second kappa shape index (κ2) is 8.39. The third kappa shape index (κ3) is 4.50. The molecule has 0 amide bonds. The van der Waals surface area contributed by atoms with Crippen LogP contribution in [0.2, 0.25) is 5.02 Å². The molecule has 0 atom stereocenters. The van der Waals surface area contributed by atoms with Crippen LogP contribution < -0.4 is 9.64 Å². The zero-order valence-corrected chi connectivity index (χ0v) is 17.1. The van der Waals surface area contributed by atoms with Gasteiger partial charge in [0.25, 0.3) is 0 Å². The molecule has 150 valence electrons. The summed E-state index contributed by atoms with van der Waals surface area (Å²) in [5, 5.41) is 0.673. The van der Waals surface area contributed by atoms with E-state index in [0.29, 0.717) is 24.7 Å². The van der Waals surface area contributed by atoms with Crippen molar-refractivity contribution < 1.29 is 22.8 Å². The van der Waals surface area contributed by atoms with Gasteiger partial charge < -0.3 is 14.4 Å². The maximum Gasteiger partial charge on any atom is 0.218 e. The predicted molar refractivity (Wildman–Crippen MR) is 107 cm³/mol. The van der Waals surface area contributed by atoms with Crippen LogP contribution in [0.25, 0.3) is 0 Å². The van der Waals surface area contributed by atoms with Crippen molar-refractivity contribution in [2.75, 3.05) is 33.0 Å². The van der Waals surface area contributed by atoms with Crippen LogP contribution in [0, 0.1) is 0 Å². The Morgan fingerprint density at radius 3 is 2.61 bits per heavy atom. The Bertz CT molecular complexity index is 929. The zero-order valence-electron chi connectivity index (χ0n) is 15.6. The fraction of sp³-hybridized carbons (Fsp3) is 0.400. The molecule has 28 heavy (non-hydrogen) atoms. The second-order valence-electron chi connectivity index (χ2n) is 7.23. The number of hydrogen-bond donors (Lipinski definition) is 1. The third-order valence-electron chi connectivity index (χ3n) is 5.21.